The Kier molecular flexibility index (Phi) is 5.80. The van der Waals surface area contributed by atoms with Crippen LogP contribution in [-0.2, 0) is 10.9 Å². The zero-order chi connectivity index (χ0) is 18.7. The number of alkyl halides is 3. The van der Waals surface area contributed by atoms with Gasteiger partial charge in [0.15, 0.2) is 0 Å². The van der Waals surface area contributed by atoms with Crippen molar-refractivity contribution in [1.29, 1.82) is 0 Å². The molecule has 8 heteroatoms. The van der Waals surface area contributed by atoms with Gasteiger partial charge in [-0.3, -0.25) is 0 Å². The van der Waals surface area contributed by atoms with Crippen molar-refractivity contribution in [2.24, 2.45) is 5.92 Å². The molecule has 25 heavy (non-hydrogen) atoms. The third-order valence-corrected chi connectivity index (χ3v) is 3.80. The van der Waals surface area contributed by atoms with Crippen LogP contribution in [0.2, 0.25) is 0 Å². The van der Waals surface area contributed by atoms with Gasteiger partial charge in [0.05, 0.1) is 6.61 Å². The number of amides is 1. The van der Waals surface area contributed by atoms with Gasteiger partial charge in [-0.1, -0.05) is 0 Å². The number of piperidine rings is 1. The summed E-state index contributed by atoms with van der Waals surface area (Å²) in [6.45, 7) is 6.54. The molecule has 0 spiro atoms. The number of pyridine rings is 1. The van der Waals surface area contributed by atoms with Crippen molar-refractivity contribution in [3.63, 3.8) is 0 Å². The van der Waals surface area contributed by atoms with Gasteiger partial charge >= 0.3 is 12.3 Å². The van der Waals surface area contributed by atoms with Gasteiger partial charge in [0.25, 0.3) is 0 Å². The molecular formula is C17H23F3N2O3. The van der Waals surface area contributed by atoms with E-state index in [2.05, 4.69) is 4.98 Å². The van der Waals surface area contributed by atoms with Crippen molar-refractivity contribution in [1.82, 2.24) is 9.88 Å². The van der Waals surface area contributed by atoms with Gasteiger partial charge in [-0.05, 0) is 51.7 Å². The minimum Gasteiger partial charge on any atom is -0.477 e. The van der Waals surface area contributed by atoms with Crippen LogP contribution in [0.15, 0.2) is 18.3 Å². The number of likely N-dealkylation sites (tertiary alicyclic amines) is 1. The zero-order valence-corrected chi connectivity index (χ0v) is 14.6. The van der Waals surface area contributed by atoms with Crippen LogP contribution in [0.3, 0.4) is 0 Å². The van der Waals surface area contributed by atoms with Crippen molar-refractivity contribution in [3.05, 3.63) is 23.9 Å². The lowest BCUT2D eigenvalue weighted by Gasteiger charge is -2.33. The second-order valence-electron chi connectivity index (χ2n) is 7.08. The Morgan fingerprint density at radius 2 is 1.92 bits per heavy atom. The summed E-state index contributed by atoms with van der Waals surface area (Å²) in [7, 11) is 0. The number of carbonyl (C=O) groups excluding carboxylic acids is 1. The van der Waals surface area contributed by atoms with Crippen molar-refractivity contribution >= 4 is 6.09 Å². The number of hydrogen-bond donors (Lipinski definition) is 0. The average Bonchev–Trinajstić information content (AvgIpc) is 2.51. The Morgan fingerprint density at radius 3 is 2.48 bits per heavy atom. The molecule has 1 aromatic rings. The second kappa shape index (κ2) is 7.49. The highest BCUT2D eigenvalue weighted by atomic mass is 19.4. The van der Waals surface area contributed by atoms with Gasteiger partial charge in [0.2, 0.25) is 5.88 Å². The van der Waals surface area contributed by atoms with E-state index in [0.29, 0.717) is 25.9 Å². The molecule has 0 saturated carbocycles. The second-order valence-corrected chi connectivity index (χ2v) is 7.08. The molecule has 1 saturated heterocycles. The molecule has 1 amide bonds. The van der Waals surface area contributed by atoms with Crippen LogP contribution < -0.4 is 4.74 Å². The molecule has 0 aromatic carbocycles. The van der Waals surface area contributed by atoms with Gasteiger partial charge in [0.1, 0.15) is 11.2 Å². The molecule has 0 N–H and O–H groups in total. The molecule has 0 atom stereocenters. The summed E-state index contributed by atoms with van der Waals surface area (Å²) in [6.07, 6.45) is -2.30. The highest BCUT2D eigenvalue weighted by molar-refractivity contribution is 5.68. The van der Waals surface area contributed by atoms with Crippen LogP contribution in [-0.4, -0.2) is 41.3 Å². The summed E-state index contributed by atoms with van der Waals surface area (Å²) in [5.74, 6) is -0.327. The van der Waals surface area contributed by atoms with Crippen molar-refractivity contribution in [2.75, 3.05) is 19.7 Å². The number of nitrogens with zero attached hydrogens (tertiary/aromatic N) is 2. The molecule has 2 heterocycles. The normalized spacial score (nSPS) is 16.6. The molecule has 0 aliphatic carbocycles. The minimum atomic E-state index is -4.50. The number of aromatic nitrogens is 1. The fraction of sp³-hybridized carbons (Fsp3) is 0.647. The maximum absolute atomic E-state index is 12.9. The molecule has 1 aliphatic rings. The van der Waals surface area contributed by atoms with Crippen LogP contribution >= 0.6 is 0 Å². The monoisotopic (exact) mass is 360 g/mol. The average molecular weight is 360 g/mol. The fourth-order valence-corrected chi connectivity index (χ4v) is 2.53. The van der Waals surface area contributed by atoms with Crippen LogP contribution in [0, 0.1) is 5.92 Å². The lowest BCUT2D eigenvalue weighted by molar-refractivity contribution is -0.139. The molecule has 5 nitrogen and oxygen atoms in total. The van der Waals surface area contributed by atoms with E-state index in [1.54, 1.807) is 25.7 Å². The molecule has 0 bridgehead atoms. The van der Waals surface area contributed by atoms with Crippen molar-refractivity contribution < 1.29 is 27.4 Å². The predicted molar refractivity (Wildman–Crippen MR) is 85.3 cm³/mol. The summed E-state index contributed by atoms with van der Waals surface area (Å²) in [4.78, 5) is 17.3. The van der Waals surface area contributed by atoms with Crippen LogP contribution in [0.1, 0.15) is 39.2 Å². The Hall–Kier alpha value is -1.99. The highest BCUT2D eigenvalue weighted by Gasteiger charge is 2.35. The highest BCUT2D eigenvalue weighted by Crippen LogP contribution is 2.35. The van der Waals surface area contributed by atoms with Crippen LogP contribution in [0.4, 0.5) is 18.0 Å². The van der Waals surface area contributed by atoms with E-state index in [0.717, 1.165) is 6.07 Å². The number of carbonyl (C=O) groups is 1. The zero-order valence-electron chi connectivity index (χ0n) is 14.6. The first-order chi connectivity index (χ1) is 11.6. The molecule has 1 aromatic heterocycles. The molecule has 1 fully saturated rings. The Labute approximate surface area is 145 Å². The molecular weight excluding hydrogens is 337 g/mol. The Morgan fingerprint density at radius 1 is 1.28 bits per heavy atom. The van der Waals surface area contributed by atoms with E-state index < -0.39 is 23.2 Å². The van der Waals surface area contributed by atoms with Gasteiger partial charge in [-0.15, -0.1) is 0 Å². The first-order valence-electron chi connectivity index (χ1n) is 8.19. The minimum absolute atomic E-state index is 0.0711. The van der Waals surface area contributed by atoms with E-state index in [1.165, 1.54) is 12.3 Å². The summed E-state index contributed by atoms with van der Waals surface area (Å²) in [6, 6.07) is 2.18. The van der Waals surface area contributed by atoms with E-state index in [4.69, 9.17) is 9.47 Å². The lowest BCUT2D eigenvalue weighted by atomic mass is 9.98. The van der Waals surface area contributed by atoms with Crippen LogP contribution in [0.25, 0.3) is 0 Å². The summed E-state index contributed by atoms with van der Waals surface area (Å²) in [5.41, 5.74) is -1.43. The quantitative estimate of drug-likeness (QED) is 0.813. The first kappa shape index (κ1) is 19.3. The van der Waals surface area contributed by atoms with E-state index >= 15 is 0 Å². The SMILES string of the molecule is CC(C)(C)OC(=O)N1CCC(COc2ncccc2C(F)(F)F)CC1. The van der Waals surface area contributed by atoms with Gasteiger partial charge in [-0.25, -0.2) is 9.78 Å². The summed E-state index contributed by atoms with van der Waals surface area (Å²) >= 11 is 0. The van der Waals surface area contributed by atoms with Crippen LogP contribution in [0.5, 0.6) is 5.88 Å². The van der Waals surface area contributed by atoms with E-state index in [9.17, 15) is 18.0 Å². The predicted octanol–water partition coefficient (Wildman–Crippen LogP) is 4.13. The number of hydrogen-bond acceptors (Lipinski definition) is 4. The molecule has 2 rings (SSSR count). The number of ether oxygens (including phenoxy) is 2. The Balaban J connectivity index is 1.85. The third-order valence-electron chi connectivity index (χ3n) is 3.80. The standard InChI is InChI=1S/C17H23F3N2O3/c1-16(2,3)25-15(23)22-9-6-12(7-10-22)11-24-14-13(17(18,19)20)5-4-8-21-14/h4-5,8,12H,6-7,9-11H2,1-3H3. The molecule has 0 radical (unpaired) electrons. The van der Waals surface area contributed by atoms with Crippen molar-refractivity contribution in [3.8, 4) is 5.88 Å². The molecule has 0 unspecified atom stereocenters. The maximum Gasteiger partial charge on any atom is 0.421 e. The first-order valence-corrected chi connectivity index (χ1v) is 8.19. The van der Waals surface area contributed by atoms with Crippen molar-refractivity contribution in [2.45, 2.75) is 45.4 Å². The third kappa shape index (κ3) is 5.79. The summed E-state index contributed by atoms with van der Waals surface area (Å²) in [5, 5.41) is 0. The number of rotatable bonds is 3. The maximum atomic E-state index is 12.9. The van der Waals surface area contributed by atoms with E-state index in [-0.39, 0.29) is 18.6 Å². The smallest absolute Gasteiger partial charge is 0.421 e. The van der Waals surface area contributed by atoms with Gasteiger partial charge in [-0.2, -0.15) is 13.2 Å². The number of halogens is 3. The topological polar surface area (TPSA) is 51.7 Å². The summed E-state index contributed by atoms with van der Waals surface area (Å²) < 4.78 is 49.4. The largest absolute Gasteiger partial charge is 0.477 e. The van der Waals surface area contributed by atoms with Gasteiger partial charge in [0, 0.05) is 19.3 Å². The van der Waals surface area contributed by atoms with E-state index in [1.807, 2.05) is 0 Å². The lowest BCUT2D eigenvalue weighted by Crippen LogP contribution is -2.42. The van der Waals surface area contributed by atoms with Gasteiger partial charge < -0.3 is 14.4 Å². The molecule has 1 aliphatic heterocycles. The molecule has 140 valence electrons. The fourth-order valence-electron chi connectivity index (χ4n) is 2.53. The Bertz CT molecular complexity index is 592.